The molecule has 8 aromatic rings. The van der Waals surface area contributed by atoms with Crippen LogP contribution in [0.3, 0.4) is 0 Å². The molecule has 0 amide bonds. The molecule has 0 aliphatic carbocycles. The minimum atomic E-state index is 0.243. The second kappa shape index (κ2) is 22.9. The maximum atomic E-state index is 8.27. The number of aryl methyl sites for hydroxylation is 2. The number of azide groups is 2. The minimum Gasteiger partial charge on any atom is -0.253 e. The summed E-state index contributed by atoms with van der Waals surface area (Å²) in [5.41, 5.74) is 29.3. The number of alkyl halides is 4. The molecule has 0 N–H and O–H groups in total. The van der Waals surface area contributed by atoms with Crippen LogP contribution < -0.4 is 0 Å². The van der Waals surface area contributed by atoms with Crippen LogP contribution in [0, 0.1) is 13.8 Å². The number of fused-ring (bicyclic) bond motifs is 4. The Labute approximate surface area is 370 Å². The monoisotopic (exact) mass is 1020 g/mol. The number of rotatable bonds is 8. The van der Waals surface area contributed by atoms with Crippen LogP contribution in [0.5, 0.6) is 0 Å². The molecule has 8 rings (SSSR count). The summed E-state index contributed by atoms with van der Waals surface area (Å²) in [6.07, 6.45) is 0. The van der Waals surface area contributed by atoms with Gasteiger partial charge >= 0.3 is 0 Å². The van der Waals surface area contributed by atoms with Gasteiger partial charge in [-0.15, -0.1) is 0 Å². The Hall–Kier alpha value is -4.94. The van der Waals surface area contributed by atoms with Crippen molar-refractivity contribution in [1.82, 2.24) is 19.9 Å². The summed E-state index contributed by atoms with van der Waals surface area (Å²) in [6, 6.07) is 40.8. The van der Waals surface area contributed by atoms with E-state index in [1.54, 1.807) is 0 Å². The zero-order chi connectivity index (χ0) is 41.3. The van der Waals surface area contributed by atoms with E-state index in [2.05, 4.69) is 196 Å². The molecule has 0 aliphatic rings. The first kappa shape index (κ1) is 44.2. The summed E-state index contributed by atoms with van der Waals surface area (Å²) in [4.78, 5) is 23.2. The van der Waals surface area contributed by atoms with Crippen LogP contribution in [-0.4, -0.2) is 19.9 Å². The van der Waals surface area contributed by atoms with Gasteiger partial charge in [-0.3, -0.25) is 19.9 Å². The number of hydrogen-bond acceptors (Lipinski definition) is 6. The predicted octanol–water partition coefficient (Wildman–Crippen LogP) is 14.8. The van der Waals surface area contributed by atoms with Crippen LogP contribution in [0.2, 0.25) is 0 Å². The van der Waals surface area contributed by atoms with Gasteiger partial charge in [0.1, 0.15) is 0 Å². The van der Waals surface area contributed by atoms with Gasteiger partial charge in [0, 0.05) is 64.1 Å². The molecule has 10 nitrogen and oxygen atoms in total. The van der Waals surface area contributed by atoms with E-state index in [9.17, 15) is 0 Å². The summed E-state index contributed by atoms with van der Waals surface area (Å²) in [5, 5.41) is 15.0. The quantitative estimate of drug-likeness (QED) is 0.0644. The largest absolute Gasteiger partial charge is 0.253 e. The molecule has 292 valence electrons. The highest BCUT2D eigenvalue weighted by molar-refractivity contribution is 9.09. The minimum absolute atomic E-state index is 0.243. The van der Waals surface area contributed by atoms with Gasteiger partial charge in [0.05, 0.1) is 46.5 Å². The van der Waals surface area contributed by atoms with Gasteiger partial charge in [0.25, 0.3) is 0 Å². The van der Waals surface area contributed by atoms with Crippen molar-refractivity contribution in [2.24, 2.45) is 10.2 Å². The lowest BCUT2D eigenvalue weighted by Crippen LogP contribution is -1.89. The second-order valence-electron chi connectivity index (χ2n) is 13.0. The second-order valence-corrected chi connectivity index (χ2v) is 15.2. The SMILES string of the molecule is BrCc1ccc2nc(CBr)ccc2c1.BrCc1ccc2nc(CBr)ccc2c1.Cc1ccc2nc(C)ccc2c1.[N-]=[N+]=NCc1ccc2nc(CN=[N+]=[N-])ccc2c1. The molecule has 0 bridgehead atoms. The van der Waals surface area contributed by atoms with E-state index in [0.717, 1.165) is 77.1 Å². The zero-order valence-electron chi connectivity index (χ0n) is 31.8. The lowest BCUT2D eigenvalue weighted by atomic mass is 10.1. The van der Waals surface area contributed by atoms with Gasteiger partial charge in [-0.05, 0) is 114 Å². The van der Waals surface area contributed by atoms with Crippen molar-refractivity contribution in [3.05, 3.63) is 187 Å². The molecule has 4 aromatic heterocycles. The Morgan fingerprint density at radius 2 is 0.845 bits per heavy atom. The van der Waals surface area contributed by atoms with Gasteiger partial charge in [-0.2, -0.15) is 0 Å². The molecule has 0 unspecified atom stereocenters. The number of nitrogens with zero attached hydrogens (tertiary/aromatic N) is 10. The van der Waals surface area contributed by atoms with Crippen LogP contribution in [0.1, 0.15) is 45.0 Å². The molecule has 0 saturated carbocycles. The van der Waals surface area contributed by atoms with Crippen LogP contribution >= 0.6 is 63.7 Å². The fourth-order valence-electron chi connectivity index (χ4n) is 5.72. The van der Waals surface area contributed by atoms with Crippen molar-refractivity contribution in [3.8, 4) is 0 Å². The smallest absolute Gasteiger partial charge is 0.0705 e. The fourth-order valence-corrected chi connectivity index (χ4v) is 7.04. The molecule has 0 saturated heterocycles. The lowest BCUT2D eigenvalue weighted by Gasteiger charge is -2.02. The number of pyridine rings is 4. The van der Waals surface area contributed by atoms with Gasteiger partial charge in [-0.25, -0.2) is 0 Å². The molecule has 4 aromatic carbocycles. The van der Waals surface area contributed by atoms with E-state index >= 15 is 0 Å². The van der Waals surface area contributed by atoms with E-state index < -0.39 is 0 Å². The Morgan fingerprint density at radius 1 is 0.431 bits per heavy atom. The van der Waals surface area contributed by atoms with Crippen molar-refractivity contribution in [2.45, 2.75) is 48.3 Å². The third kappa shape index (κ3) is 13.0. The van der Waals surface area contributed by atoms with Gasteiger partial charge in [0.2, 0.25) is 0 Å². The molecule has 0 aliphatic heterocycles. The zero-order valence-corrected chi connectivity index (χ0v) is 38.1. The van der Waals surface area contributed by atoms with E-state index in [1.807, 2.05) is 43.3 Å². The topological polar surface area (TPSA) is 149 Å². The van der Waals surface area contributed by atoms with Crippen molar-refractivity contribution >= 4 is 107 Å². The standard InChI is InChI=1S/2C11H9Br2N.C11H9N7.C11H11N/c2*12-6-8-1-4-11-9(5-8)2-3-10(7-13)14-11;12-17-14-6-8-1-4-11-9(5-8)2-3-10(16-11)7-15-18-13;1-8-3-6-11-10(7-8)5-4-9(2)12-11/h2*1-5H,6-7H2;1-5H,6-7H2;3-7H,1-2H3. The molecule has 0 atom stereocenters. The average Bonchev–Trinajstić information content (AvgIpc) is 3.27. The van der Waals surface area contributed by atoms with Gasteiger partial charge < -0.3 is 0 Å². The Kier molecular flexibility index (Phi) is 17.4. The maximum Gasteiger partial charge on any atom is 0.0705 e. The molecule has 0 spiro atoms. The first-order valence-electron chi connectivity index (χ1n) is 18.0. The number of aromatic nitrogens is 4. The van der Waals surface area contributed by atoms with Gasteiger partial charge in [0.15, 0.2) is 0 Å². The molecular weight excluding hydrogens is 988 g/mol. The molecule has 58 heavy (non-hydrogen) atoms. The number of hydrogen-bond donors (Lipinski definition) is 0. The summed E-state index contributed by atoms with van der Waals surface area (Å²) < 4.78 is 0. The third-order valence-corrected chi connectivity index (χ3v) is 11.1. The molecule has 0 radical (unpaired) electrons. The summed E-state index contributed by atoms with van der Waals surface area (Å²) in [7, 11) is 0. The van der Waals surface area contributed by atoms with E-state index in [-0.39, 0.29) is 6.54 Å². The third-order valence-electron chi connectivity index (χ3n) is 8.61. The number of benzene rings is 4. The molecular formula is C44H38Br4N10. The average molecular weight is 1030 g/mol. The Bertz CT molecular complexity index is 2480. The van der Waals surface area contributed by atoms with Crippen molar-refractivity contribution < 1.29 is 0 Å². The number of halogens is 4. The van der Waals surface area contributed by atoms with Crippen molar-refractivity contribution in [3.63, 3.8) is 0 Å². The summed E-state index contributed by atoms with van der Waals surface area (Å²) in [5.74, 6) is 0. The molecule has 14 heteroatoms. The fraction of sp³-hybridized carbons (Fsp3) is 0.182. The predicted molar refractivity (Wildman–Crippen MR) is 253 cm³/mol. The lowest BCUT2D eigenvalue weighted by molar-refractivity contribution is 0.989. The normalized spacial score (nSPS) is 10.3. The van der Waals surface area contributed by atoms with Crippen molar-refractivity contribution in [2.75, 3.05) is 0 Å². The Balaban J connectivity index is 0.000000149. The Morgan fingerprint density at radius 3 is 1.36 bits per heavy atom. The first-order valence-corrected chi connectivity index (χ1v) is 22.5. The van der Waals surface area contributed by atoms with E-state index in [0.29, 0.717) is 6.54 Å². The highest BCUT2D eigenvalue weighted by atomic mass is 79.9. The maximum absolute atomic E-state index is 8.27. The summed E-state index contributed by atoms with van der Waals surface area (Å²) >= 11 is 13.7. The van der Waals surface area contributed by atoms with Crippen molar-refractivity contribution in [1.29, 1.82) is 0 Å². The summed E-state index contributed by atoms with van der Waals surface area (Å²) in [6.45, 7) is 4.68. The first-order chi connectivity index (χ1) is 28.2. The van der Waals surface area contributed by atoms with Crippen LogP contribution in [0.4, 0.5) is 0 Å². The van der Waals surface area contributed by atoms with E-state index in [4.69, 9.17) is 11.1 Å². The van der Waals surface area contributed by atoms with Crippen LogP contribution in [-0.2, 0) is 34.4 Å². The van der Waals surface area contributed by atoms with Gasteiger partial charge in [-0.1, -0.05) is 128 Å². The highest BCUT2D eigenvalue weighted by Crippen LogP contribution is 2.20. The van der Waals surface area contributed by atoms with Crippen LogP contribution in [0.15, 0.2) is 132 Å². The van der Waals surface area contributed by atoms with Crippen LogP contribution in [0.25, 0.3) is 64.5 Å². The van der Waals surface area contributed by atoms with E-state index in [1.165, 1.54) is 32.8 Å². The molecule has 0 fully saturated rings. The molecule has 4 heterocycles. The highest BCUT2D eigenvalue weighted by Gasteiger charge is 2.02.